The molecule has 2 heterocycles. The summed E-state index contributed by atoms with van der Waals surface area (Å²) in [5.41, 5.74) is 3.62. The van der Waals surface area contributed by atoms with Crippen molar-refractivity contribution in [3.05, 3.63) is 41.7 Å². The zero-order valence-electron chi connectivity index (χ0n) is 14.5. The summed E-state index contributed by atoms with van der Waals surface area (Å²) < 4.78 is 7.09. The quantitative estimate of drug-likeness (QED) is 0.938. The number of rotatable bonds is 4. The fourth-order valence-corrected chi connectivity index (χ4v) is 3.29. The third-order valence-corrected chi connectivity index (χ3v) is 4.38. The molecule has 1 aliphatic rings. The number of anilines is 1. The van der Waals surface area contributed by atoms with E-state index in [1.165, 1.54) is 0 Å². The number of urea groups is 1. The summed E-state index contributed by atoms with van der Waals surface area (Å²) in [4.78, 5) is 14.6. The molecule has 3 rings (SSSR count). The van der Waals surface area contributed by atoms with Crippen molar-refractivity contribution >= 4 is 11.7 Å². The summed E-state index contributed by atoms with van der Waals surface area (Å²) in [6.07, 6.45) is 2.00. The van der Waals surface area contributed by atoms with Crippen LogP contribution in [0.2, 0.25) is 0 Å². The number of benzene rings is 1. The van der Waals surface area contributed by atoms with Crippen molar-refractivity contribution < 1.29 is 9.53 Å². The SMILES string of the molecule is COCC1CCCN1C(=O)Nc1ccccc1-n1nc(C)cc1C. The van der Waals surface area contributed by atoms with E-state index in [0.717, 1.165) is 42.1 Å². The molecular weight excluding hydrogens is 304 g/mol. The molecule has 2 amide bonds. The normalized spacial score (nSPS) is 17.3. The number of ether oxygens (including phenoxy) is 1. The maximum absolute atomic E-state index is 12.7. The van der Waals surface area contributed by atoms with Crippen LogP contribution in [0.5, 0.6) is 0 Å². The average Bonchev–Trinajstić information content (AvgIpc) is 3.14. The largest absolute Gasteiger partial charge is 0.383 e. The number of amides is 2. The van der Waals surface area contributed by atoms with Gasteiger partial charge in [-0.1, -0.05) is 12.1 Å². The number of nitrogens with one attached hydrogen (secondary N) is 1. The van der Waals surface area contributed by atoms with Gasteiger partial charge in [-0.05, 0) is 44.9 Å². The van der Waals surface area contributed by atoms with E-state index in [1.54, 1.807) is 7.11 Å². The number of aromatic nitrogens is 2. The fraction of sp³-hybridized carbons (Fsp3) is 0.444. The Bertz CT molecular complexity index is 726. The van der Waals surface area contributed by atoms with Crippen LogP contribution in [0.15, 0.2) is 30.3 Å². The van der Waals surface area contributed by atoms with Gasteiger partial charge in [-0.25, -0.2) is 9.48 Å². The Morgan fingerprint density at radius 3 is 2.88 bits per heavy atom. The van der Waals surface area contributed by atoms with Crippen molar-refractivity contribution in [2.24, 2.45) is 0 Å². The molecule has 0 radical (unpaired) electrons. The highest BCUT2D eigenvalue weighted by Gasteiger charge is 2.29. The van der Waals surface area contributed by atoms with Gasteiger partial charge in [0, 0.05) is 19.3 Å². The van der Waals surface area contributed by atoms with Crippen LogP contribution in [0.4, 0.5) is 10.5 Å². The van der Waals surface area contributed by atoms with E-state index in [1.807, 2.05) is 53.8 Å². The minimum atomic E-state index is -0.0801. The maximum atomic E-state index is 12.7. The molecule has 6 nitrogen and oxygen atoms in total. The maximum Gasteiger partial charge on any atom is 0.322 e. The molecule has 1 aliphatic heterocycles. The van der Waals surface area contributed by atoms with Crippen LogP contribution in [-0.4, -0.2) is 47.0 Å². The zero-order valence-corrected chi connectivity index (χ0v) is 14.5. The summed E-state index contributed by atoms with van der Waals surface area (Å²) in [7, 11) is 1.67. The number of carbonyl (C=O) groups excluding carboxylic acids is 1. The predicted octanol–water partition coefficient (Wildman–Crippen LogP) is 3.13. The highest BCUT2D eigenvalue weighted by Crippen LogP contribution is 2.24. The fourth-order valence-electron chi connectivity index (χ4n) is 3.29. The first-order chi connectivity index (χ1) is 11.6. The van der Waals surface area contributed by atoms with Gasteiger partial charge >= 0.3 is 6.03 Å². The molecule has 1 atom stereocenters. The summed E-state index contributed by atoms with van der Waals surface area (Å²) in [5, 5.41) is 7.57. The Morgan fingerprint density at radius 2 is 2.17 bits per heavy atom. The van der Waals surface area contributed by atoms with E-state index < -0.39 is 0 Å². The summed E-state index contributed by atoms with van der Waals surface area (Å²) in [6.45, 7) is 5.31. The molecular formula is C18H24N4O2. The van der Waals surface area contributed by atoms with Crippen LogP contribution in [-0.2, 0) is 4.74 Å². The molecule has 1 saturated heterocycles. The van der Waals surface area contributed by atoms with Gasteiger partial charge < -0.3 is 15.0 Å². The van der Waals surface area contributed by atoms with Gasteiger partial charge in [0.2, 0.25) is 0 Å². The van der Waals surface area contributed by atoms with Crippen molar-refractivity contribution in [3.63, 3.8) is 0 Å². The van der Waals surface area contributed by atoms with Gasteiger partial charge in [0.25, 0.3) is 0 Å². The topological polar surface area (TPSA) is 59.4 Å². The minimum Gasteiger partial charge on any atom is -0.383 e. The first-order valence-corrected chi connectivity index (χ1v) is 8.29. The highest BCUT2D eigenvalue weighted by atomic mass is 16.5. The van der Waals surface area contributed by atoms with Crippen molar-refractivity contribution in [1.82, 2.24) is 14.7 Å². The molecule has 24 heavy (non-hydrogen) atoms. The van der Waals surface area contributed by atoms with Crippen LogP contribution in [0.3, 0.4) is 0 Å². The molecule has 1 aromatic carbocycles. The summed E-state index contributed by atoms with van der Waals surface area (Å²) in [5.74, 6) is 0. The Morgan fingerprint density at radius 1 is 1.38 bits per heavy atom. The average molecular weight is 328 g/mol. The smallest absolute Gasteiger partial charge is 0.322 e. The molecule has 1 aromatic heterocycles. The van der Waals surface area contributed by atoms with E-state index in [2.05, 4.69) is 10.4 Å². The van der Waals surface area contributed by atoms with Crippen LogP contribution < -0.4 is 5.32 Å². The van der Waals surface area contributed by atoms with Crippen molar-refractivity contribution in [3.8, 4) is 5.69 Å². The highest BCUT2D eigenvalue weighted by molar-refractivity contribution is 5.92. The van der Waals surface area contributed by atoms with Crippen LogP contribution in [0, 0.1) is 13.8 Å². The molecule has 1 unspecified atom stereocenters. The number of methoxy groups -OCH3 is 1. The Balaban J connectivity index is 1.83. The molecule has 128 valence electrons. The van der Waals surface area contributed by atoms with Gasteiger partial charge in [-0.3, -0.25) is 0 Å². The van der Waals surface area contributed by atoms with Gasteiger partial charge in [0.15, 0.2) is 0 Å². The zero-order chi connectivity index (χ0) is 17.1. The van der Waals surface area contributed by atoms with Gasteiger partial charge in [0.1, 0.15) is 0 Å². The molecule has 0 saturated carbocycles. The number of likely N-dealkylation sites (tertiary alicyclic amines) is 1. The van der Waals surface area contributed by atoms with Crippen molar-refractivity contribution in [2.45, 2.75) is 32.7 Å². The number of hydrogen-bond acceptors (Lipinski definition) is 3. The lowest BCUT2D eigenvalue weighted by Crippen LogP contribution is -2.41. The minimum absolute atomic E-state index is 0.0801. The lowest BCUT2D eigenvalue weighted by Gasteiger charge is -2.25. The first-order valence-electron chi connectivity index (χ1n) is 8.29. The van der Waals surface area contributed by atoms with E-state index in [9.17, 15) is 4.79 Å². The molecule has 0 aliphatic carbocycles. The molecule has 2 aromatic rings. The molecule has 1 fully saturated rings. The Hall–Kier alpha value is -2.34. The van der Waals surface area contributed by atoms with Gasteiger partial charge in [-0.2, -0.15) is 5.10 Å². The van der Waals surface area contributed by atoms with Gasteiger partial charge in [0.05, 0.1) is 29.7 Å². The second kappa shape index (κ2) is 7.05. The number of nitrogens with zero attached hydrogens (tertiary/aromatic N) is 3. The second-order valence-corrected chi connectivity index (χ2v) is 6.23. The standard InChI is InChI=1S/C18H24N4O2/c1-13-11-14(2)22(20-13)17-9-5-4-8-16(17)19-18(23)21-10-6-7-15(21)12-24-3/h4-5,8-9,11,15H,6-7,10,12H2,1-3H3,(H,19,23). The predicted molar refractivity (Wildman–Crippen MR) is 93.7 cm³/mol. The van der Waals surface area contributed by atoms with E-state index in [-0.39, 0.29) is 12.1 Å². The van der Waals surface area contributed by atoms with E-state index in [0.29, 0.717) is 6.61 Å². The molecule has 0 spiro atoms. The lowest BCUT2D eigenvalue weighted by molar-refractivity contribution is 0.128. The summed E-state index contributed by atoms with van der Waals surface area (Å²) in [6, 6.07) is 9.83. The Labute approximate surface area is 142 Å². The number of aryl methyl sites for hydroxylation is 2. The van der Waals surface area contributed by atoms with Gasteiger partial charge in [-0.15, -0.1) is 0 Å². The van der Waals surface area contributed by atoms with Crippen molar-refractivity contribution in [2.75, 3.05) is 25.6 Å². The summed E-state index contributed by atoms with van der Waals surface area (Å²) >= 11 is 0. The number of hydrogen-bond donors (Lipinski definition) is 1. The lowest BCUT2D eigenvalue weighted by atomic mass is 10.2. The third kappa shape index (κ3) is 3.28. The van der Waals surface area contributed by atoms with Crippen molar-refractivity contribution in [1.29, 1.82) is 0 Å². The Kier molecular flexibility index (Phi) is 4.85. The van der Waals surface area contributed by atoms with Crippen LogP contribution >= 0.6 is 0 Å². The van der Waals surface area contributed by atoms with Crippen LogP contribution in [0.25, 0.3) is 5.69 Å². The monoisotopic (exact) mass is 328 g/mol. The molecule has 6 heteroatoms. The van der Waals surface area contributed by atoms with E-state index >= 15 is 0 Å². The first kappa shape index (κ1) is 16.5. The molecule has 0 bridgehead atoms. The number of para-hydroxylation sites is 2. The molecule has 1 N–H and O–H groups in total. The third-order valence-electron chi connectivity index (χ3n) is 4.38. The number of carbonyl (C=O) groups is 1. The van der Waals surface area contributed by atoms with E-state index in [4.69, 9.17) is 4.74 Å². The second-order valence-electron chi connectivity index (χ2n) is 6.23. The van der Waals surface area contributed by atoms with Crippen LogP contribution in [0.1, 0.15) is 24.2 Å².